The number of esters is 1. The summed E-state index contributed by atoms with van der Waals surface area (Å²) in [7, 11) is 1.33. The molecule has 0 bridgehead atoms. The normalized spacial score (nSPS) is 19.6. The molecule has 0 spiro atoms. The first kappa shape index (κ1) is 20.1. The van der Waals surface area contributed by atoms with Gasteiger partial charge in [0.15, 0.2) is 11.7 Å². The number of nitrogens with one attached hydrogen (secondary N) is 2. The third-order valence-electron chi connectivity index (χ3n) is 4.62. The van der Waals surface area contributed by atoms with Gasteiger partial charge in [-0.1, -0.05) is 18.2 Å². The van der Waals surface area contributed by atoms with Crippen molar-refractivity contribution in [1.82, 2.24) is 15.5 Å². The second kappa shape index (κ2) is 9.03. The van der Waals surface area contributed by atoms with Crippen LogP contribution in [-0.4, -0.2) is 61.9 Å². The highest BCUT2D eigenvalue weighted by Gasteiger charge is 2.32. The van der Waals surface area contributed by atoms with Crippen molar-refractivity contribution in [2.45, 2.75) is 13.0 Å². The van der Waals surface area contributed by atoms with Gasteiger partial charge in [0, 0.05) is 24.4 Å². The smallest absolute Gasteiger partial charge is 0.337 e. The summed E-state index contributed by atoms with van der Waals surface area (Å²) < 4.78 is 16.0. The summed E-state index contributed by atoms with van der Waals surface area (Å²) in [6.45, 7) is 3.85. The van der Waals surface area contributed by atoms with E-state index in [1.807, 2.05) is 18.2 Å². The molecular formula is C19H23N3O5S. The number of methoxy groups -OCH3 is 1. The van der Waals surface area contributed by atoms with Crippen molar-refractivity contribution in [1.29, 1.82) is 0 Å². The molecule has 9 heteroatoms. The molecule has 1 fully saturated rings. The highest BCUT2D eigenvalue weighted by molar-refractivity contribution is 7.80. The van der Waals surface area contributed by atoms with Crippen molar-refractivity contribution < 1.29 is 23.8 Å². The quantitative estimate of drug-likeness (QED) is 0.552. The maximum atomic E-state index is 12.4. The minimum atomic E-state index is -0.545. The SMILES string of the molecule is COC(=O)C1=C(C)NC(=S)N[C@@H]1c1ccccc1OCC(=O)N1CCOCC1. The maximum Gasteiger partial charge on any atom is 0.337 e. The number of allylic oxidation sites excluding steroid dienone is 1. The van der Waals surface area contributed by atoms with Gasteiger partial charge in [-0.2, -0.15) is 0 Å². The van der Waals surface area contributed by atoms with E-state index in [4.69, 9.17) is 26.4 Å². The number of ether oxygens (including phenoxy) is 3. The Morgan fingerprint density at radius 3 is 2.71 bits per heavy atom. The van der Waals surface area contributed by atoms with E-state index in [1.165, 1.54) is 7.11 Å². The van der Waals surface area contributed by atoms with Gasteiger partial charge in [-0.25, -0.2) is 4.79 Å². The van der Waals surface area contributed by atoms with Crippen LogP contribution in [0, 0.1) is 0 Å². The van der Waals surface area contributed by atoms with E-state index < -0.39 is 12.0 Å². The van der Waals surface area contributed by atoms with Crippen molar-refractivity contribution >= 4 is 29.2 Å². The lowest BCUT2D eigenvalue weighted by Gasteiger charge is -2.31. The van der Waals surface area contributed by atoms with Crippen molar-refractivity contribution in [3.05, 3.63) is 41.1 Å². The molecule has 0 unspecified atom stereocenters. The van der Waals surface area contributed by atoms with Crippen LogP contribution in [0.4, 0.5) is 0 Å². The number of amides is 1. The van der Waals surface area contributed by atoms with Gasteiger partial charge in [0.1, 0.15) is 5.75 Å². The minimum Gasteiger partial charge on any atom is -0.483 e. The summed E-state index contributed by atoms with van der Waals surface area (Å²) in [4.78, 5) is 26.4. The summed E-state index contributed by atoms with van der Waals surface area (Å²) in [6.07, 6.45) is 0. The van der Waals surface area contributed by atoms with Crippen LogP contribution in [-0.2, 0) is 19.1 Å². The summed E-state index contributed by atoms with van der Waals surface area (Å²) in [6, 6.07) is 6.69. The Hall–Kier alpha value is -2.65. The lowest BCUT2D eigenvalue weighted by atomic mass is 9.95. The zero-order valence-corrected chi connectivity index (χ0v) is 16.6. The molecular weight excluding hydrogens is 382 g/mol. The summed E-state index contributed by atoms with van der Waals surface area (Å²) in [5, 5.41) is 6.43. The van der Waals surface area contributed by atoms with Gasteiger partial charge in [-0.05, 0) is 25.2 Å². The van der Waals surface area contributed by atoms with Crippen LogP contribution in [0.2, 0.25) is 0 Å². The van der Waals surface area contributed by atoms with E-state index in [1.54, 1.807) is 17.9 Å². The van der Waals surface area contributed by atoms with Gasteiger partial charge in [0.05, 0.1) is 31.9 Å². The number of para-hydroxylation sites is 1. The minimum absolute atomic E-state index is 0.0946. The van der Waals surface area contributed by atoms with Crippen LogP contribution < -0.4 is 15.4 Å². The molecule has 3 rings (SSSR count). The molecule has 28 heavy (non-hydrogen) atoms. The molecule has 2 aliphatic rings. The van der Waals surface area contributed by atoms with Crippen molar-refractivity contribution in [2.75, 3.05) is 40.0 Å². The van der Waals surface area contributed by atoms with Gasteiger partial charge >= 0.3 is 5.97 Å². The molecule has 1 atom stereocenters. The van der Waals surface area contributed by atoms with Crippen molar-refractivity contribution in [2.24, 2.45) is 0 Å². The molecule has 0 aliphatic carbocycles. The van der Waals surface area contributed by atoms with Gasteiger partial charge < -0.3 is 29.7 Å². The molecule has 0 radical (unpaired) electrons. The first-order chi connectivity index (χ1) is 13.5. The number of hydrogen-bond acceptors (Lipinski definition) is 6. The van der Waals surface area contributed by atoms with E-state index >= 15 is 0 Å². The topological polar surface area (TPSA) is 89.1 Å². The predicted molar refractivity (Wildman–Crippen MR) is 106 cm³/mol. The molecule has 8 nitrogen and oxygen atoms in total. The zero-order valence-electron chi connectivity index (χ0n) is 15.8. The predicted octanol–water partition coefficient (Wildman–Crippen LogP) is 0.890. The highest BCUT2D eigenvalue weighted by Crippen LogP contribution is 2.33. The average Bonchev–Trinajstić information content (AvgIpc) is 2.71. The van der Waals surface area contributed by atoms with E-state index in [0.717, 1.165) is 0 Å². The Morgan fingerprint density at radius 2 is 2.00 bits per heavy atom. The van der Waals surface area contributed by atoms with Gasteiger partial charge in [-0.15, -0.1) is 0 Å². The largest absolute Gasteiger partial charge is 0.483 e. The number of thiocarbonyl (C=S) groups is 1. The van der Waals surface area contributed by atoms with Crippen molar-refractivity contribution in [3.63, 3.8) is 0 Å². The van der Waals surface area contributed by atoms with Crippen LogP contribution in [0.5, 0.6) is 5.75 Å². The van der Waals surface area contributed by atoms with Gasteiger partial charge in [0.25, 0.3) is 5.91 Å². The van der Waals surface area contributed by atoms with Crippen LogP contribution in [0.3, 0.4) is 0 Å². The highest BCUT2D eigenvalue weighted by atomic mass is 32.1. The molecule has 2 aliphatic heterocycles. The molecule has 1 aromatic carbocycles. The maximum absolute atomic E-state index is 12.4. The summed E-state index contributed by atoms with van der Waals surface area (Å²) in [5.41, 5.74) is 1.72. The lowest BCUT2D eigenvalue weighted by molar-refractivity contribution is -0.138. The first-order valence-electron chi connectivity index (χ1n) is 8.95. The molecule has 2 heterocycles. The number of rotatable bonds is 5. The van der Waals surface area contributed by atoms with Crippen LogP contribution in [0.15, 0.2) is 35.5 Å². The monoisotopic (exact) mass is 405 g/mol. The van der Waals surface area contributed by atoms with Crippen LogP contribution >= 0.6 is 12.2 Å². The number of carbonyl (C=O) groups excluding carboxylic acids is 2. The van der Waals surface area contributed by atoms with Crippen LogP contribution in [0.25, 0.3) is 0 Å². The number of morpholine rings is 1. The fourth-order valence-corrected chi connectivity index (χ4v) is 3.47. The molecule has 0 saturated carbocycles. The molecule has 1 aromatic rings. The second-order valence-electron chi connectivity index (χ2n) is 6.38. The second-order valence-corrected chi connectivity index (χ2v) is 6.79. The Morgan fingerprint density at radius 1 is 1.29 bits per heavy atom. The van der Waals surface area contributed by atoms with E-state index in [0.29, 0.717) is 54.0 Å². The van der Waals surface area contributed by atoms with E-state index in [2.05, 4.69) is 10.6 Å². The number of nitrogens with zero attached hydrogens (tertiary/aromatic N) is 1. The van der Waals surface area contributed by atoms with E-state index in [9.17, 15) is 9.59 Å². The zero-order chi connectivity index (χ0) is 20.1. The third-order valence-corrected chi connectivity index (χ3v) is 4.84. The Balaban J connectivity index is 1.82. The lowest BCUT2D eigenvalue weighted by Crippen LogP contribution is -2.45. The van der Waals surface area contributed by atoms with Crippen molar-refractivity contribution in [3.8, 4) is 5.75 Å². The number of hydrogen-bond donors (Lipinski definition) is 2. The fraction of sp³-hybridized carbons (Fsp3) is 0.421. The van der Waals surface area contributed by atoms with Gasteiger partial charge in [0.2, 0.25) is 0 Å². The van der Waals surface area contributed by atoms with E-state index in [-0.39, 0.29) is 12.5 Å². The van der Waals surface area contributed by atoms with Crippen LogP contribution in [0.1, 0.15) is 18.5 Å². The molecule has 1 amide bonds. The summed E-state index contributed by atoms with van der Waals surface area (Å²) >= 11 is 5.25. The standard InChI is InChI=1S/C19H23N3O5S/c1-12-16(18(24)25-2)17(21-19(28)20-12)13-5-3-4-6-14(13)27-11-15(23)22-7-9-26-10-8-22/h3-6,17H,7-11H2,1-2H3,(H2,20,21,28)/t17-/m1/s1. The Bertz CT molecular complexity index is 805. The first-order valence-corrected chi connectivity index (χ1v) is 9.36. The Labute approximate surface area is 168 Å². The molecule has 2 N–H and O–H groups in total. The fourth-order valence-electron chi connectivity index (χ4n) is 3.20. The third kappa shape index (κ3) is 4.42. The number of benzene rings is 1. The average molecular weight is 405 g/mol. The summed E-state index contributed by atoms with van der Waals surface area (Å²) in [5.74, 6) is -0.0727. The number of carbonyl (C=O) groups is 2. The molecule has 1 saturated heterocycles. The molecule has 0 aromatic heterocycles. The Kier molecular flexibility index (Phi) is 6.48. The van der Waals surface area contributed by atoms with Gasteiger partial charge in [-0.3, -0.25) is 4.79 Å². The molecule has 150 valence electrons.